The third-order valence-corrected chi connectivity index (χ3v) is 3.22. The molecule has 0 aliphatic carbocycles. The Labute approximate surface area is 120 Å². The molecule has 7 nitrogen and oxygen atoms in total. The molecule has 0 saturated carbocycles. The number of hydrogen-bond donors (Lipinski definition) is 2. The fraction of sp³-hybridized carbons (Fsp3) is 0.667. The highest BCUT2D eigenvalue weighted by Crippen LogP contribution is 2.24. The molecular weight excluding hydrogens is 286 g/mol. The first-order chi connectivity index (χ1) is 9.83. The van der Waals surface area contributed by atoms with E-state index < -0.39 is 35.7 Å². The van der Waals surface area contributed by atoms with Crippen molar-refractivity contribution in [3.63, 3.8) is 0 Å². The minimum absolute atomic E-state index is 0.0718. The smallest absolute Gasteiger partial charge is 0.358 e. The quantitative estimate of drug-likeness (QED) is 0.800. The number of nitrogens with one attached hydrogen (secondary N) is 1. The second-order valence-electron chi connectivity index (χ2n) is 4.57. The van der Waals surface area contributed by atoms with Crippen LogP contribution in [0.4, 0.5) is 8.78 Å². The second-order valence-corrected chi connectivity index (χ2v) is 4.57. The number of alkyl halides is 2. The Hall–Kier alpha value is -2.06. The first-order valence-electron chi connectivity index (χ1n) is 6.60. The van der Waals surface area contributed by atoms with E-state index in [9.17, 15) is 18.4 Å². The lowest BCUT2D eigenvalue weighted by atomic mass is 10.1. The summed E-state index contributed by atoms with van der Waals surface area (Å²) >= 11 is 0. The number of aromatic nitrogens is 3. The first kappa shape index (κ1) is 17.0. The largest absolute Gasteiger partial charge is 0.476 e. The van der Waals surface area contributed by atoms with Crippen LogP contribution in [0.1, 0.15) is 62.3 Å². The Kier molecular flexibility index (Phi) is 5.74. The van der Waals surface area contributed by atoms with Crippen LogP contribution in [-0.4, -0.2) is 38.0 Å². The van der Waals surface area contributed by atoms with E-state index in [-0.39, 0.29) is 6.04 Å². The van der Waals surface area contributed by atoms with Crippen LogP contribution in [0.3, 0.4) is 0 Å². The fourth-order valence-corrected chi connectivity index (χ4v) is 1.87. The zero-order valence-corrected chi connectivity index (χ0v) is 12.0. The van der Waals surface area contributed by atoms with Crippen LogP contribution < -0.4 is 5.32 Å². The zero-order chi connectivity index (χ0) is 16.2. The molecule has 2 N–H and O–H groups in total. The number of carboxylic acid groups (broad SMARTS) is 1. The number of carboxylic acids is 1. The molecule has 1 atom stereocenters. The lowest BCUT2D eigenvalue weighted by Gasteiger charge is -2.19. The lowest BCUT2D eigenvalue weighted by Crippen LogP contribution is -2.39. The molecule has 0 fully saturated rings. The molecular formula is C12H18F2N4O3. The zero-order valence-electron chi connectivity index (χ0n) is 12.0. The van der Waals surface area contributed by atoms with Crippen molar-refractivity contribution in [2.75, 3.05) is 0 Å². The van der Waals surface area contributed by atoms with Gasteiger partial charge in [-0.05, 0) is 19.8 Å². The summed E-state index contributed by atoms with van der Waals surface area (Å²) in [6.07, 6.45) is -1.68. The van der Waals surface area contributed by atoms with Gasteiger partial charge in [0.25, 0.3) is 6.43 Å². The summed E-state index contributed by atoms with van der Waals surface area (Å²) in [6, 6.07) is -1.15. The van der Waals surface area contributed by atoms with Gasteiger partial charge >= 0.3 is 5.97 Å². The highest BCUT2D eigenvalue weighted by molar-refractivity contribution is 5.87. The number of hydrogen-bond acceptors (Lipinski definition) is 4. The summed E-state index contributed by atoms with van der Waals surface area (Å²) in [5.74, 6) is -2.11. The number of nitrogens with zero attached hydrogens (tertiary/aromatic N) is 3. The van der Waals surface area contributed by atoms with Crippen LogP contribution in [0.5, 0.6) is 0 Å². The topological polar surface area (TPSA) is 97.1 Å². The van der Waals surface area contributed by atoms with E-state index >= 15 is 0 Å². The standard InChI is InChI=1S/C12H18F2N4O3/c1-4-7(5-2)15-11(19)6(3)18-9(10(13)14)8(12(20)21)16-17-18/h6-7,10H,4-5H2,1-3H3,(H,15,19)(H,20,21). The Bertz CT molecular complexity index is 515. The average Bonchev–Trinajstić information content (AvgIpc) is 2.88. The van der Waals surface area contributed by atoms with E-state index in [4.69, 9.17) is 5.11 Å². The van der Waals surface area contributed by atoms with Crippen LogP contribution >= 0.6 is 0 Å². The predicted octanol–water partition coefficient (Wildman–Crippen LogP) is 1.78. The summed E-state index contributed by atoms with van der Waals surface area (Å²) in [7, 11) is 0. The van der Waals surface area contributed by atoms with Crippen LogP contribution in [0.2, 0.25) is 0 Å². The predicted molar refractivity (Wildman–Crippen MR) is 69.2 cm³/mol. The third kappa shape index (κ3) is 3.73. The lowest BCUT2D eigenvalue weighted by molar-refractivity contribution is -0.125. The minimum Gasteiger partial charge on any atom is -0.476 e. The molecule has 1 aromatic rings. The van der Waals surface area contributed by atoms with Crippen molar-refractivity contribution >= 4 is 11.9 Å². The van der Waals surface area contributed by atoms with Gasteiger partial charge in [-0.15, -0.1) is 5.10 Å². The molecule has 1 unspecified atom stereocenters. The summed E-state index contributed by atoms with van der Waals surface area (Å²) < 4.78 is 26.7. The molecule has 1 rings (SSSR count). The van der Waals surface area contributed by atoms with Crippen molar-refractivity contribution in [1.82, 2.24) is 20.3 Å². The Morgan fingerprint density at radius 1 is 1.33 bits per heavy atom. The molecule has 0 aromatic carbocycles. The number of carbonyl (C=O) groups is 2. The molecule has 118 valence electrons. The molecule has 0 spiro atoms. The van der Waals surface area contributed by atoms with Crippen molar-refractivity contribution < 1.29 is 23.5 Å². The number of rotatable bonds is 7. The Morgan fingerprint density at radius 3 is 2.33 bits per heavy atom. The second kappa shape index (κ2) is 7.09. The molecule has 1 aromatic heterocycles. The van der Waals surface area contributed by atoms with E-state index in [1.54, 1.807) is 0 Å². The maximum Gasteiger partial charge on any atom is 0.358 e. The van der Waals surface area contributed by atoms with Crippen molar-refractivity contribution in [3.8, 4) is 0 Å². The molecule has 0 aliphatic heterocycles. The minimum atomic E-state index is -3.09. The van der Waals surface area contributed by atoms with E-state index in [0.29, 0.717) is 17.5 Å². The van der Waals surface area contributed by atoms with Crippen molar-refractivity contribution in [3.05, 3.63) is 11.4 Å². The van der Waals surface area contributed by atoms with E-state index in [0.717, 1.165) is 0 Å². The fourth-order valence-electron chi connectivity index (χ4n) is 1.87. The van der Waals surface area contributed by atoms with Crippen molar-refractivity contribution in [1.29, 1.82) is 0 Å². The van der Waals surface area contributed by atoms with Crippen molar-refractivity contribution in [2.24, 2.45) is 0 Å². The maximum atomic E-state index is 13.0. The first-order valence-corrected chi connectivity index (χ1v) is 6.60. The number of aromatic carboxylic acids is 1. The van der Waals surface area contributed by atoms with Gasteiger partial charge in [0.05, 0.1) is 0 Å². The van der Waals surface area contributed by atoms with Crippen molar-refractivity contribution in [2.45, 2.75) is 52.1 Å². The van der Waals surface area contributed by atoms with Gasteiger partial charge < -0.3 is 10.4 Å². The van der Waals surface area contributed by atoms with E-state index in [1.807, 2.05) is 13.8 Å². The van der Waals surface area contributed by atoms with Crippen LogP contribution in [-0.2, 0) is 4.79 Å². The highest BCUT2D eigenvalue weighted by atomic mass is 19.3. The molecule has 1 amide bonds. The summed E-state index contributed by atoms with van der Waals surface area (Å²) in [5, 5.41) is 18.1. The monoisotopic (exact) mass is 304 g/mol. The molecule has 0 bridgehead atoms. The van der Waals surface area contributed by atoms with Crippen LogP contribution in [0.15, 0.2) is 0 Å². The normalized spacial score (nSPS) is 12.7. The summed E-state index contributed by atoms with van der Waals surface area (Å²) in [4.78, 5) is 22.9. The molecule has 0 saturated heterocycles. The van der Waals surface area contributed by atoms with Gasteiger partial charge in [-0.25, -0.2) is 18.3 Å². The van der Waals surface area contributed by atoms with E-state index in [2.05, 4.69) is 15.6 Å². The van der Waals surface area contributed by atoms with Gasteiger partial charge in [0.2, 0.25) is 5.91 Å². The number of carbonyl (C=O) groups excluding carboxylic acids is 1. The van der Waals surface area contributed by atoms with Gasteiger partial charge in [-0.1, -0.05) is 19.1 Å². The highest BCUT2D eigenvalue weighted by Gasteiger charge is 2.31. The third-order valence-electron chi connectivity index (χ3n) is 3.22. The molecule has 0 radical (unpaired) electrons. The molecule has 1 heterocycles. The molecule has 9 heteroatoms. The van der Waals surface area contributed by atoms with Gasteiger partial charge in [0, 0.05) is 6.04 Å². The number of halogens is 2. The Balaban J connectivity index is 3.04. The summed E-state index contributed by atoms with van der Waals surface area (Å²) in [5.41, 5.74) is -1.71. The number of amides is 1. The maximum absolute atomic E-state index is 13.0. The van der Waals surface area contributed by atoms with E-state index in [1.165, 1.54) is 6.92 Å². The molecule has 0 aliphatic rings. The Morgan fingerprint density at radius 2 is 1.90 bits per heavy atom. The molecule has 21 heavy (non-hydrogen) atoms. The van der Waals surface area contributed by atoms with Crippen LogP contribution in [0.25, 0.3) is 0 Å². The summed E-state index contributed by atoms with van der Waals surface area (Å²) in [6.45, 7) is 5.15. The van der Waals surface area contributed by atoms with Crippen LogP contribution in [0, 0.1) is 0 Å². The van der Waals surface area contributed by atoms with Gasteiger partial charge in [0.15, 0.2) is 5.69 Å². The van der Waals surface area contributed by atoms with Gasteiger partial charge in [0.1, 0.15) is 11.7 Å². The van der Waals surface area contributed by atoms with Gasteiger partial charge in [-0.2, -0.15) is 0 Å². The average molecular weight is 304 g/mol. The van der Waals surface area contributed by atoms with Gasteiger partial charge in [-0.3, -0.25) is 4.79 Å². The SMILES string of the molecule is CCC(CC)NC(=O)C(C)n1nnc(C(=O)O)c1C(F)F.